The summed E-state index contributed by atoms with van der Waals surface area (Å²) in [4.78, 5) is -0.0439. The number of nitrogens with two attached hydrogens (primary N) is 2. The number of hydrogen-bond acceptors (Lipinski definition) is 5. The van der Waals surface area contributed by atoms with Crippen LogP contribution in [0.1, 0.15) is 0 Å². The molecule has 0 atom stereocenters. The summed E-state index contributed by atoms with van der Waals surface area (Å²) in [5.74, 6) is 0.693. The fourth-order valence-electron chi connectivity index (χ4n) is 1.77. The van der Waals surface area contributed by atoms with Crippen molar-refractivity contribution in [2.24, 2.45) is 5.14 Å². The van der Waals surface area contributed by atoms with Gasteiger partial charge in [-0.2, -0.15) is 0 Å². The van der Waals surface area contributed by atoms with E-state index in [9.17, 15) is 8.42 Å². The summed E-state index contributed by atoms with van der Waals surface area (Å²) in [5, 5.41) is 8.18. The Morgan fingerprint density at radius 1 is 1.14 bits per heavy atom. The molecule has 0 radical (unpaired) electrons. The second kappa shape index (κ2) is 5.92. The Morgan fingerprint density at radius 3 is 2.43 bits per heavy atom. The van der Waals surface area contributed by atoms with Gasteiger partial charge in [-0.15, -0.1) is 0 Å². The summed E-state index contributed by atoms with van der Waals surface area (Å²) in [6.45, 7) is 0. The van der Waals surface area contributed by atoms with Gasteiger partial charge in [0.25, 0.3) is 0 Å². The lowest BCUT2D eigenvalue weighted by Crippen LogP contribution is -2.12. The van der Waals surface area contributed by atoms with Crippen LogP contribution in [-0.2, 0) is 10.0 Å². The van der Waals surface area contributed by atoms with Gasteiger partial charge in [0.2, 0.25) is 10.0 Å². The normalized spacial score (nSPS) is 11.2. The van der Waals surface area contributed by atoms with E-state index in [1.54, 1.807) is 31.4 Å². The maximum Gasteiger partial charge on any atom is 0.238 e. The molecule has 0 saturated heterocycles. The van der Waals surface area contributed by atoms with E-state index in [0.29, 0.717) is 17.1 Å². The predicted molar refractivity (Wildman–Crippen MR) is 86.2 cm³/mol. The van der Waals surface area contributed by atoms with Crippen molar-refractivity contribution in [3.05, 3.63) is 40.9 Å². The lowest BCUT2D eigenvalue weighted by molar-refractivity contribution is 0.412. The summed E-state index contributed by atoms with van der Waals surface area (Å²) in [6.07, 6.45) is 0. The van der Waals surface area contributed by atoms with Crippen LogP contribution in [0.5, 0.6) is 5.75 Å². The number of nitrogen functional groups attached to an aromatic ring is 1. The maximum atomic E-state index is 11.4. The molecule has 2 rings (SSSR count). The van der Waals surface area contributed by atoms with E-state index in [1.807, 2.05) is 0 Å². The third-order valence-corrected chi connectivity index (χ3v) is 4.21. The summed E-state index contributed by atoms with van der Waals surface area (Å²) < 4.78 is 28.7. The standard InChI is InChI=1S/C13H14BrN3O3S/c1-20-13-3-2-9(7-12(13)14)17-10-4-8(15)5-11(6-10)21(16,18)19/h2-7,17H,15H2,1H3,(H2,16,18,19). The number of benzene rings is 2. The van der Waals surface area contributed by atoms with Gasteiger partial charge < -0.3 is 15.8 Å². The highest BCUT2D eigenvalue weighted by Gasteiger charge is 2.10. The van der Waals surface area contributed by atoms with E-state index in [1.165, 1.54) is 12.1 Å². The van der Waals surface area contributed by atoms with Gasteiger partial charge >= 0.3 is 0 Å². The number of anilines is 3. The van der Waals surface area contributed by atoms with Gasteiger partial charge in [-0.25, -0.2) is 13.6 Å². The molecular weight excluding hydrogens is 358 g/mol. The van der Waals surface area contributed by atoms with Gasteiger partial charge in [0.15, 0.2) is 0 Å². The number of hydrogen-bond donors (Lipinski definition) is 3. The molecule has 21 heavy (non-hydrogen) atoms. The highest BCUT2D eigenvalue weighted by Crippen LogP contribution is 2.30. The molecule has 2 aromatic rings. The van der Waals surface area contributed by atoms with E-state index in [4.69, 9.17) is 15.6 Å². The van der Waals surface area contributed by atoms with Gasteiger partial charge in [0, 0.05) is 17.1 Å². The molecule has 0 heterocycles. The number of nitrogens with one attached hydrogen (secondary N) is 1. The molecule has 0 amide bonds. The first-order valence-electron chi connectivity index (χ1n) is 5.83. The Hall–Kier alpha value is -1.77. The molecule has 0 aliphatic rings. The van der Waals surface area contributed by atoms with Crippen LogP contribution in [0.2, 0.25) is 0 Å². The van der Waals surface area contributed by atoms with Crippen LogP contribution in [0.25, 0.3) is 0 Å². The summed E-state index contributed by atoms with van der Waals surface area (Å²) >= 11 is 3.38. The van der Waals surface area contributed by atoms with Crippen LogP contribution in [0.4, 0.5) is 17.1 Å². The maximum absolute atomic E-state index is 11.4. The van der Waals surface area contributed by atoms with Gasteiger partial charge in [0.1, 0.15) is 5.75 Å². The van der Waals surface area contributed by atoms with Crippen LogP contribution in [-0.4, -0.2) is 15.5 Å². The smallest absolute Gasteiger partial charge is 0.238 e. The molecule has 0 aliphatic carbocycles. The van der Waals surface area contributed by atoms with Crippen LogP contribution in [0.3, 0.4) is 0 Å². The predicted octanol–water partition coefficient (Wildman–Crippen LogP) is 2.43. The number of primary sulfonamides is 1. The Bertz CT molecular complexity index is 778. The number of methoxy groups -OCH3 is 1. The molecule has 0 spiro atoms. The van der Waals surface area contributed by atoms with Crippen molar-refractivity contribution in [2.45, 2.75) is 4.90 Å². The number of halogens is 1. The zero-order valence-corrected chi connectivity index (χ0v) is 13.5. The Kier molecular flexibility index (Phi) is 4.40. The minimum atomic E-state index is -3.81. The molecule has 0 fully saturated rings. The third kappa shape index (κ3) is 3.87. The van der Waals surface area contributed by atoms with Gasteiger partial charge in [-0.05, 0) is 52.3 Å². The summed E-state index contributed by atoms with van der Waals surface area (Å²) in [6, 6.07) is 9.72. The van der Waals surface area contributed by atoms with Crippen molar-refractivity contribution in [3.63, 3.8) is 0 Å². The number of ether oxygens (including phenoxy) is 1. The van der Waals surface area contributed by atoms with E-state index in [2.05, 4.69) is 21.2 Å². The van der Waals surface area contributed by atoms with Crippen molar-refractivity contribution >= 4 is 43.0 Å². The Morgan fingerprint density at radius 2 is 1.86 bits per heavy atom. The fourth-order valence-corrected chi connectivity index (χ4v) is 2.90. The Balaban J connectivity index is 2.36. The second-order valence-electron chi connectivity index (χ2n) is 4.31. The lowest BCUT2D eigenvalue weighted by atomic mass is 10.2. The lowest BCUT2D eigenvalue weighted by Gasteiger charge is -2.11. The van der Waals surface area contributed by atoms with Gasteiger partial charge in [-0.1, -0.05) is 0 Å². The molecule has 5 N–H and O–H groups in total. The molecule has 0 unspecified atom stereocenters. The molecule has 0 saturated carbocycles. The van der Waals surface area contributed by atoms with E-state index in [0.717, 1.165) is 10.2 Å². The van der Waals surface area contributed by atoms with Gasteiger partial charge in [0.05, 0.1) is 16.5 Å². The minimum Gasteiger partial charge on any atom is -0.496 e. The second-order valence-corrected chi connectivity index (χ2v) is 6.73. The first-order valence-corrected chi connectivity index (χ1v) is 8.17. The van der Waals surface area contributed by atoms with Crippen LogP contribution < -0.4 is 20.9 Å². The molecular formula is C13H14BrN3O3S. The molecule has 6 nitrogen and oxygen atoms in total. The molecule has 0 aliphatic heterocycles. The van der Waals surface area contributed by atoms with Crippen LogP contribution >= 0.6 is 15.9 Å². The van der Waals surface area contributed by atoms with E-state index < -0.39 is 10.0 Å². The molecule has 0 bridgehead atoms. The fraction of sp³-hybridized carbons (Fsp3) is 0.0769. The topological polar surface area (TPSA) is 107 Å². The molecule has 0 aromatic heterocycles. The van der Waals surface area contributed by atoms with Crippen molar-refractivity contribution in [2.75, 3.05) is 18.2 Å². The van der Waals surface area contributed by atoms with Crippen molar-refractivity contribution < 1.29 is 13.2 Å². The van der Waals surface area contributed by atoms with Crippen LogP contribution in [0, 0.1) is 0 Å². The molecule has 2 aromatic carbocycles. The first-order chi connectivity index (χ1) is 9.79. The average Bonchev–Trinajstić information content (AvgIpc) is 2.37. The van der Waals surface area contributed by atoms with Gasteiger partial charge in [-0.3, -0.25) is 0 Å². The van der Waals surface area contributed by atoms with Crippen molar-refractivity contribution in [3.8, 4) is 5.75 Å². The average molecular weight is 372 g/mol. The number of rotatable bonds is 4. The largest absolute Gasteiger partial charge is 0.496 e. The SMILES string of the molecule is COc1ccc(Nc2cc(N)cc(S(N)(=O)=O)c2)cc1Br. The zero-order chi connectivity index (χ0) is 15.6. The summed E-state index contributed by atoms with van der Waals surface area (Å²) in [5.41, 5.74) is 7.27. The van der Waals surface area contributed by atoms with Crippen molar-refractivity contribution in [1.29, 1.82) is 0 Å². The molecule has 8 heteroatoms. The zero-order valence-electron chi connectivity index (χ0n) is 11.1. The minimum absolute atomic E-state index is 0.0439. The van der Waals surface area contributed by atoms with Crippen LogP contribution in [0.15, 0.2) is 45.8 Å². The van der Waals surface area contributed by atoms with E-state index >= 15 is 0 Å². The Labute approximate surface area is 131 Å². The summed E-state index contributed by atoms with van der Waals surface area (Å²) in [7, 11) is -2.24. The molecule has 112 valence electrons. The first kappa shape index (κ1) is 15.6. The van der Waals surface area contributed by atoms with E-state index in [-0.39, 0.29) is 4.90 Å². The highest BCUT2D eigenvalue weighted by atomic mass is 79.9. The number of sulfonamides is 1. The third-order valence-electron chi connectivity index (χ3n) is 2.70. The van der Waals surface area contributed by atoms with Crippen molar-refractivity contribution in [1.82, 2.24) is 0 Å². The quantitative estimate of drug-likeness (QED) is 0.715. The monoisotopic (exact) mass is 371 g/mol. The highest BCUT2D eigenvalue weighted by molar-refractivity contribution is 9.10.